The lowest BCUT2D eigenvalue weighted by molar-refractivity contribution is 0.0734. The van der Waals surface area contributed by atoms with E-state index >= 15 is 0 Å². The molecule has 1 aliphatic rings. The minimum absolute atomic E-state index is 0.0497. The lowest BCUT2D eigenvalue weighted by Gasteiger charge is -2.06. The molecule has 0 spiro atoms. The van der Waals surface area contributed by atoms with E-state index in [0.717, 1.165) is 0 Å². The topological polar surface area (TPSA) is 61.8 Å². The van der Waals surface area contributed by atoms with Crippen LogP contribution in [0.1, 0.15) is 34.1 Å². The third-order valence-corrected chi connectivity index (χ3v) is 3.32. The van der Waals surface area contributed by atoms with E-state index in [4.69, 9.17) is 14.2 Å². The van der Waals surface area contributed by atoms with E-state index in [0.29, 0.717) is 34.8 Å². The summed E-state index contributed by atoms with van der Waals surface area (Å²) in [6, 6.07) is 11.4. The van der Waals surface area contributed by atoms with E-state index < -0.39 is 5.97 Å². The Morgan fingerprint density at radius 3 is 2.41 bits per heavy atom. The summed E-state index contributed by atoms with van der Waals surface area (Å²) in [5.41, 5.74) is 0.975. The van der Waals surface area contributed by atoms with Crippen molar-refractivity contribution in [1.82, 2.24) is 0 Å². The minimum Gasteiger partial charge on any atom is -0.454 e. The molecule has 0 aliphatic carbocycles. The Morgan fingerprint density at radius 2 is 1.68 bits per heavy atom. The molecular weight excluding hydrogens is 284 g/mol. The molecule has 1 aliphatic heterocycles. The number of ketones is 1. The number of ether oxygens (including phenoxy) is 3. The van der Waals surface area contributed by atoms with Crippen LogP contribution >= 0.6 is 0 Å². The monoisotopic (exact) mass is 298 g/mol. The highest BCUT2D eigenvalue weighted by Gasteiger charge is 2.17. The summed E-state index contributed by atoms with van der Waals surface area (Å²) in [5.74, 6) is 1.08. The second kappa shape index (κ2) is 5.89. The van der Waals surface area contributed by atoms with E-state index in [9.17, 15) is 9.59 Å². The van der Waals surface area contributed by atoms with Gasteiger partial charge in [-0.1, -0.05) is 6.92 Å². The van der Waals surface area contributed by atoms with Crippen molar-refractivity contribution in [2.45, 2.75) is 13.3 Å². The van der Waals surface area contributed by atoms with E-state index in [-0.39, 0.29) is 12.6 Å². The predicted molar refractivity (Wildman–Crippen MR) is 78.6 cm³/mol. The van der Waals surface area contributed by atoms with Crippen molar-refractivity contribution in [3.05, 3.63) is 53.6 Å². The first kappa shape index (κ1) is 14.1. The summed E-state index contributed by atoms with van der Waals surface area (Å²) in [7, 11) is 0. The van der Waals surface area contributed by atoms with Gasteiger partial charge in [0.2, 0.25) is 6.79 Å². The van der Waals surface area contributed by atoms with Crippen molar-refractivity contribution >= 4 is 11.8 Å². The van der Waals surface area contributed by atoms with E-state index in [1.54, 1.807) is 49.4 Å². The molecule has 0 amide bonds. The molecule has 0 fully saturated rings. The molecule has 0 saturated carbocycles. The van der Waals surface area contributed by atoms with Gasteiger partial charge in [-0.3, -0.25) is 4.79 Å². The van der Waals surface area contributed by atoms with Crippen LogP contribution in [0, 0.1) is 0 Å². The Balaban J connectivity index is 1.72. The average molecular weight is 298 g/mol. The number of fused-ring (bicyclic) bond motifs is 1. The highest BCUT2D eigenvalue weighted by molar-refractivity contribution is 5.96. The molecule has 0 aromatic heterocycles. The largest absolute Gasteiger partial charge is 0.454 e. The molecule has 0 bridgehead atoms. The quantitative estimate of drug-likeness (QED) is 0.492. The third kappa shape index (κ3) is 2.79. The summed E-state index contributed by atoms with van der Waals surface area (Å²) in [6.45, 7) is 1.96. The van der Waals surface area contributed by atoms with Crippen LogP contribution in [0.15, 0.2) is 42.5 Å². The number of benzene rings is 2. The van der Waals surface area contributed by atoms with Crippen LogP contribution in [0.4, 0.5) is 0 Å². The zero-order valence-corrected chi connectivity index (χ0v) is 12.0. The number of esters is 1. The molecule has 0 saturated heterocycles. The fourth-order valence-electron chi connectivity index (χ4n) is 2.10. The summed E-state index contributed by atoms with van der Waals surface area (Å²) < 4.78 is 15.7. The maximum Gasteiger partial charge on any atom is 0.343 e. The van der Waals surface area contributed by atoms with Crippen LogP contribution in [0.25, 0.3) is 0 Å². The summed E-state index contributed by atoms with van der Waals surface area (Å²) in [5, 5.41) is 0. The van der Waals surface area contributed by atoms with E-state index in [2.05, 4.69) is 0 Å². The van der Waals surface area contributed by atoms with Crippen molar-refractivity contribution in [2.75, 3.05) is 6.79 Å². The fourth-order valence-corrected chi connectivity index (χ4v) is 2.10. The van der Waals surface area contributed by atoms with Gasteiger partial charge < -0.3 is 14.2 Å². The first-order chi connectivity index (χ1) is 10.7. The summed E-state index contributed by atoms with van der Waals surface area (Å²) in [6.07, 6.45) is 0.441. The number of hydrogen-bond acceptors (Lipinski definition) is 5. The number of carbonyl (C=O) groups is 2. The lowest BCUT2D eigenvalue weighted by Crippen LogP contribution is -2.08. The molecule has 2 aromatic carbocycles. The fraction of sp³-hybridized carbons (Fsp3) is 0.176. The van der Waals surface area contributed by atoms with Crippen LogP contribution in [0.2, 0.25) is 0 Å². The van der Waals surface area contributed by atoms with E-state index in [1.807, 2.05) is 0 Å². The Hall–Kier alpha value is -2.82. The van der Waals surface area contributed by atoms with Gasteiger partial charge in [-0.15, -0.1) is 0 Å². The molecular formula is C17H14O5. The summed E-state index contributed by atoms with van der Waals surface area (Å²) >= 11 is 0. The number of Topliss-reactive ketones (excluding diaryl/α,β-unsaturated/α-hetero) is 1. The van der Waals surface area contributed by atoms with Gasteiger partial charge in [-0.05, 0) is 42.5 Å². The zero-order valence-electron chi connectivity index (χ0n) is 12.0. The molecule has 3 rings (SSSR count). The molecule has 0 N–H and O–H groups in total. The highest BCUT2D eigenvalue weighted by Crippen LogP contribution is 2.32. The lowest BCUT2D eigenvalue weighted by atomic mass is 10.1. The van der Waals surface area contributed by atoms with Gasteiger partial charge in [-0.2, -0.15) is 0 Å². The maximum absolute atomic E-state index is 12.1. The Labute approximate surface area is 127 Å². The first-order valence-corrected chi connectivity index (χ1v) is 6.92. The van der Waals surface area contributed by atoms with E-state index in [1.165, 1.54) is 0 Å². The molecule has 5 nitrogen and oxygen atoms in total. The van der Waals surface area contributed by atoms with Crippen LogP contribution in [-0.4, -0.2) is 18.5 Å². The minimum atomic E-state index is -0.493. The highest BCUT2D eigenvalue weighted by atomic mass is 16.7. The average Bonchev–Trinajstić information content (AvgIpc) is 3.02. The summed E-state index contributed by atoms with van der Waals surface area (Å²) in [4.78, 5) is 23.6. The molecule has 22 heavy (non-hydrogen) atoms. The predicted octanol–water partition coefficient (Wildman–Crippen LogP) is 3.23. The van der Waals surface area contributed by atoms with Gasteiger partial charge in [-0.25, -0.2) is 4.79 Å². The van der Waals surface area contributed by atoms with Crippen molar-refractivity contribution < 1.29 is 23.8 Å². The van der Waals surface area contributed by atoms with Gasteiger partial charge in [0.1, 0.15) is 5.75 Å². The zero-order chi connectivity index (χ0) is 15.5. The van der Waals surface area contributed by atoms with Crippen LogP contribution in [-0.2, 0) is 0 Å². The smallest absolute Gasteiger partial charge is 0.343 e. The molecule has 0 radical (unpaired) electrons. The molecule has 112 valence electrons. The maximum atomic E-state index is 12.1. The van der Waals surface area contributed by atoms with Crippen molar-refractivity contribution in [3.8, 4) is 17.2 Å². The van der Waals surface area contributed by atoms with Crippen LogP contribution in [0.3, 0.4) is 0 Å². The van der Waals surface area contributed by atoms with Crippen molar-refractivity contribution in [3.63, 3.8) is 0 Å². The second-order valence-electron chi connectivity index (χ2n) is 4.76. The molecule has 1 heterocycles. The molecule has 0 unspecified atom stereocenters. The Kier molecular flexibility index (Phi) is 3.78. The molecule has 2 aromatic rings. The van der Waals surface area contributed by atoms with Gasteiger partial charge in [0.05, 0.1) is 5.56 Å². The van der Waals surface area contributed by atoms with Gasteiger partial charge in [0.15, 0.2) is 17.3 Å². The van der Waals surface area contributed by atoms with Crippen LogP contribution in [0.5, 0.6) is 17.2 Å². The Bertz CT molecular complexity index is 718. The Morgan fingerprint density at radius 1 is 1.00 bits per heavy atom. The number of hydrogen-bond donors (Lipinski definition) is 0. The van der Waals surface area contributed by atoms with Gasteiger partial charge in [0.25, 0.3) is 0 Å². The molecule has 0 atom stereocenters. The molecule has 5 heteroatoms. The standard InChI is InChI=1S/C17H14O5/c1-2-14(18)11-3-6-13(7-4-11)22-17(19)12-5-8-15-16(9-12)21-10-20-15/h3-9H,2,10H2,1H3. The second-order valence-corrected chi connectivity index (χ2v) is 4.76. The number of rotatable bonds is 4. The first-order valence-electron chi connectivity index (χ1n) is 6.92. The van der Waals surface area contributed by atoms with Crippen LogP contribution < -0.4 is 14.2 Å². The van der Waals surface area contributed by atoms with Crippen molar-refractivity contribution in [1.29, 1.82) is 0 Å². The third-order valence-electron chi connectivity index (χ3n) is 3.32. The number of carbonyl (C=O) groups excluding carboxylic acids is 2. The van der Waals surface area contributed by atoms with Gasteiger partial charge >= 0.3 is 5.97 Å². The normalized spacial score (nSPS) is 12.0. The SMILES string of the molecule is CCC(=O)c1ccc(OC(=O)c2ccc3c(c2)OCO3)cc1. The van der Waals surface area contributed by atoms with Gasteiger partial charge in [0, 0.05) is 12.0 Å². The van der Waals surface area contributed by atoms with Crippen molar-refractivity contribution in [2.24, 2.45) is 0 Å².